The van der Waals surface area contributed by atoms with Gasteiger partial charge in [-0.1, -0.05) is 6.07 Å². The van der Waals surface area contributed by atoms with Crippen LogP contribution in [0.15, 0.2) is 18.2 Å². The first-order valence-corrected chi connectivity index (χ1v) is 5.68. The minimum absolute atomic E-state index is 0.583. The number of hydrogen-bond donors (Lipinski definition) is 2. The van der Waals surface area contributed by atoms with Crippen molar-refractivity contribution in [2.75, 3.05) is 12.3 Å². The number of aromatic nitrogens is 2. The Labute approximate surface area is 101 Å². The van der Waals surface area contributed by atoms with Crippen LogP contribution in [0.3, 0.4) is 0 Å². The number of para-hydroxylation sites is 1. The van der Waals surface area contributed by atoms with Crippen LogP contribution in [0.1, 0.15) is 18.3 Å². The summed E-state index contributed by atoms with van der Waals surface area (Å²) in [4.78, 5) is 7.71. The maximum absolute atomic E-state index is 5.92. The van der Waals surface area contributed by atoms with E-state index in [-0.39, 0.29) is 0 Å². The van der Waals surface area contributed by atoms with Gasteiger partial charge in [0.05, 0.1) is 23.6 Å². The highest BCUT2D eigenvalue weighted by Gasteiger charge is 2.13. The van der Waals surface area contributed by atoms with Gasteiger partial charge in [-0.25, -0.2) is 4.98 Å². The quantitative estimate of drug-likeness (QED) is 0.798. The fourth-order valence-corrected chi connectivity index (χ4v) is 1.72. The van der Waals surface area contributed by atoms with E-state index in [1.807, 2.05) is 39.0 Å². The van der Waals surface area contributed by atoms with Crippen molar-refractivity contribution in [2.24, 2.45) is 0 Å². The van der Waals surface area contributed by atoms with Gasteiger partial charge in [0, 0.05) is 5.69 Å². The molecular weight excluding hydrogens is 214 g/mol. The van der Waals surface area contributed by atoms with Crippen LogP contribution in [-0.2, 0) is 0 Å². The third kappa shape index (κ3) is 2.11. The molecule has 1 heterocycles. The number of nitrogens with zero attached hydrogens (tertiary/aromatic N) is 1. The molecule has 2 rings (SSSR count). The maximum Gasteiger partial charge on any atom is 0.153 e. The fraction of sp³-hybridized carbons (Fsp3) is 0.308. The zero-order valence-corrected chi connectivity index (χ0v) is 10.4. The van der Waals surface area contributed by atoms with E-state index in [1.54, 1.807) is 0 Å². The van der Waals surface area contributed by atoms with E-state index in [9.17, 15) is 0 Å². The van der Waals surface area contributed by atoms with Crippen LogP contribution >= 0.6 is 0 Å². The van der Waals surface area contributed by atoms with Crippen molar-refractivity contribution >= 4 is 5.69 Å². The number of ether oxygens (including phenoxy) is 1. The number of aryl methyl sites for hydroxylation is 2. The lowest BCUT2D eigenvalue weighted by Crippen LogP contribution is -1.99. The van der Waals surface area contributed by atoms with Crippen LogP contribution in [0, 0.1) is 13.8 Å². The number of aromatic amines is 1. The Bertz CT molecular complexity index is 512. The molecule has 0 fully saturated rings. The zero-order chi connectivity index (χ0) is 12.4. The van der Waals surface area contributed by atoms with Crippen LogP contribution in [0.5, 0.6) is 5.75 Å². The Balaban J connectivity index is 2.54. The first kappa shape index (κ1) is 11.5. The number of nitrogens with two attached hydrogens (primary N) is 1. The van der Waals surface area contributed by atoms with Gasteiger partial charge in [0.25, 0.3) is 0 Å². The minimum Gasteiger partial charge on any atom is -0.491 e. The lowest BCUT2D eigenvalue weighted by Gasteiger charge is -2.10. The Morgan fingerprint density at radius 2 is 2.12 bits per heavy atom. The van der Waals surface area contributed by atoms with Crippen LogP contribution in [0.4, 0.5) is 5.69 Å². The number of anilines is 1. The smallest absolute Gasteiger partial charge is 0.153 e. The third-order valence-corrected chi connectivity index (χ3v) is 2.72. The predicted octanol–water partition coefficient (Wildman–Crippen LogP) is 2.67. The van der Waals surface area contributed by atoms with Gasteiger partial charge in [-0.3, -0.25) is 0 Å². The van der Waals surface area contributed by atoms with Crippen molar-refractivity contribution < 1.29 is 4.74 Å². The molecule has 17 heavy (non-hydrogen) atoms. The molecule has 0 radical (unpaired) electrons. The lowest BCUT2D eigenvalue weighted by atomic mass is 10.1. The van der Waals surface area contributed by atoms with Crippen molar-refractivity contribution in [3.63, 3.8) is 0 Å². The zero-order valence-electron chi connectivity index (χ0n) is 10.4. The Kier molecular flexibility index (Phi) is 3.04. The topological polar surface area (TPSA) is 63.9 Å². The molecule has 0 atom stereocenters. The molecule has 0 saturated heterocycles. The summed E-state index contributed by atoms with van der Waals surface area (Å²) in [5, 5.41) is 0. The Hall–Kier alpha value is -1.97. The van der Waals surface area contributed by atoms with Gasteiger partial charge >= 0.3 is 0 Å². The summed E-state index contributed by atoms with van der Waals surface area (Å²) >= 11 is 0. The summed E-state index contributed by atoms with van der Waals surface area (Å²) < 4.78 is 5.59. The van der Waals surface area contributed by atoms with Gasteiger partial charge in [0.1, 0.15) is 5.82 Å². The summed E-state index contributed by atoms with van der Waals surface area (Å²) in [5.41, 5.74) is 9.51. The molecule has 90 valence electrons. The van der Waals surface area contributed by atoms with Gasteiger partial charge in [-0.15, -0.1) is 0 Å². The molecule has 0 aliphatic heterocycles. The van der Waals surface area contributed by atoms with Crippen molar-refractivity contribution in [1.29, 1.82) is 0 Å². The molecule has 0 aliphatic rings. The molecular formula is C13H17N3O. The number of rotatable bonds is 3. The summed E-state index contributed by atoms with van der Waals surface area (Å²) in [5.74, 6) is 1.50. The number of benzene rings is 1. The second-order valence-corrected chi connectivity index (χ2v) is 3.95. The molecule has 0 spiro atoms. The molecule has 0 bridgehead atoms. The first-order chi connectivity index (χ1) is 8.13. The molecule has 3 N–H and O–H groups in total. The molecule has 2 aromatic rings. The van der Waals surface area contributed by atoms with Crippen molar-refractivity contribution in [1.82, 2.24) is 9.97 Å². The van der Waals surface area contributed by atoms with E-state index in [1.165, 1.54) is 0 Å². The minimum atomic E-state index is 0.583. The summed E-state index contributed by atoms with van der Waals surface area (Å²) in [7, 11) is 0. The lowest BCUT2D eigenvalue weighted by molar-refractivity contribution is 0.343. The number of hydrogen-bond acceptors (Lipinski definition) is 3. The standard InChI is InChI=1S/C13H17N3O/c1-4-17-12-10(6-5-7-11(12)14)13-15-8(2)9(3)16-13/h5-7H,4,14H2,1-3H3,(H,15,16). The van der Waals surface area contributed by atoms with E-state index in [4.69, 9.17) is 10.5 Å². The van der Waals surface area contributed by atoms with E-state index in [0.717, 1.165) is 22.8 Å². The Morgan fingerprint density at radius 1 is 1.35 bits per heavy atom. The normalized spacial score (nSPS) is 10.5. The average molecular weight is 231 g/mol. The van der Waals surface area contributed by atoms with E-state index >= 15 is 0 Å². The molecule has 1 aromatic heterocycles. The largest absolute Gasteiger partial charge is 0.491 e. The monoisotopic (exact) mass is 231 g/mol. The molecule has 0 aliphatic carbocycles. The fourth-order valence-electron chi connectivity index (χ4n) is 1.72. The second-order valence-electron chi connectivity index (χ2n) is 3.95. The van der Waals surface area contributed by atoms with E-state index in [0.29, 0.717) is 18.0 Å². The van der Waals surface area contributed by atoms with Gasteiger partial charge < -0.3 is 15.5 Å². The highest BCUT2D eigenvalue weighted by molar-refractivity contribution is 5.73. The number of imidazole rings is 1. The number of H-pyrrole nitrogens is 1. The Morgan fingerprint density at radius 3 is 2.71 bits per heavy atom. The van der Waals surface area contributed by atoms with Crippen LogP contribution in [0.2, 0.25) is 0 Å². The van der Waals surface area contributed by atoms with Gasteiger partial charge in [-0.2, -0.15) is 0 Å². The molecule has 4 heteroatoms. The van der Waals surface area contributed by atoms with Gasteiger partial charge in [-0.05, 0) is 32.9 Å². The first-order valence-electron chi connectivity index (χ1n) is 5.68. The maximum atomic E-state index is 5.92. The highest BCUT2D eigenvalue weighted by Crippen LogP contribution is 2.33. The number of nitrogens with one attached hydrogen (secondary N) is 1. The summed E-state index contributed by atoms with van der Waals surface area (Å²) in [6.07, 6.45) is 0. The van der Waals surface area contributed by atoms with Crippen molar-refractivity contribution in [2.45, 2.75) is 20.8 Å². The van der Waals surface area contributed by atoms with Gasteiger partial charge in [0.2, 0.25) is 0 Å². The second kappa shape index (κ2) is 4.49. The average Bonchev–Trinajstić information content (AvgIpc) is 2.62. The van der Waals surface area contributed by atoms with E-state index < -0.39 is 0 Å². The highest BCUT2D eigenvalue weighted by atomic mass is 16.5. The van der Waals surface area contributed by atoms with Crippen molar-refractivity contribution in [3.8, 4) is 17.1 Å². The number of nitrogen functional groups attached to an aromatic ring is 1. The van der Waals surface area contributed by atoms with Crippen molar-refractivity contribution in [3.05, 3.63) is 29.6 Å². The van der Waals surface area contributed by atoms with E-state index in [2.05, 4.69) is 9.97 Å². The SMILES string of the molecule is CCOc1c(N)cccc1-c1nc(C)c(C)[nH]1. The van der Waals surface area contributed by atoms with Crippen LogP contribution in [0.25, 0.3) is 11.4 Å². The summed E-state index contributed by atoms with van der Waals surface area (Å²) in [6, 6.07) is 5.69. The molecule has 0 amide bonds. The third-order valence-electron chi connectivity index (χ3n) is 2.72. The van der Waals surface area contributed by atoms with Crippen LogP contribution < -0.4 is 10.5 Å². The molecule has 0 unspecified atom stereocenters. The summed E-state index contributed by atoms with van der Waals surface area (Å²) in [6.45, 7) is 6.50. The molecule has 4 nitrogen and oxygen atoms in total. The molecule has 0 saturated carbocycles. The predicted molar refractivity (Wildman–Crippen MR) is 69.1 cm³/mol. The van der Waals surface area contributed by atoms with Gasteiger partial charge in [0.15, 0.2) is 5.75 Å². The molecule has 1 aromatic carbocycles. The van der Waals surface area contributed by atoms with Crippen LogP contribution in [-0.4, -0.2) is 16.6 Å².